The molecule has 1 N–H and O–H groups in total. The summed E-state index contributed by atoms with van der Waals surface area (Å²) in [6.07, 6.45) is 5.44. The number of benzene rings is 1. The monoisotopic (exact) mass is 422 g/mol. The van der Waals surface area contributed by atoms with Gasteiger partial charge in [0.1, 0.15) is 5.82 Å². The molecular formula is C22H22N4O5. The van der Waals surface area contributed by atoms with E-state index in [1.807, 2.05) is 30.2 Å². The van der Waals surface area contributed by atoms with E-state index in [0.717, 1.165) is 5.57 Å². The minimum atomic E-state index is -0.321. The summed E-state index contributed by atoms with van der Waals surface area (Å²) in [4.78, 5) is 23.5. The van der Waals surface area contributed by atoms with Crippen molar-refractivity contribution in [2.75, 3.05) is 34.9 Å². The Morgan fingerprint density at radius 2 is 1.90 bits per heavy atom. The number of likely N-dealkylation sites (N-methyl/N-ethyl adjacent to an activating group) is 1. The number of fused-ring (bicyclic) bond motifs is 1. The summed E-state index contributed by atoms with van der Waals surface area (Å²) in [6, 6.07) is 6.80. The number of hydrogen-bond donors (Lipinski definition) is 1. The third-order valence-corrected chi connectivity index (χ3v) is 4.87. The Morgan fingerprint density at radius 3 is 2.55 bits per heavy atom. The van der Waals surface area contributed by atoms with E-state index in [4.69, 9.17) is 18.6 Å². The predicted molar refractivity (Wildman–Crippen MR) is 114 cm³/mol. The minimum Gasteiger partial charge on any atom is -0.493 e. The van der Waals surface area contributed by atoms with E-state index >= 15 is 0 Å². The first-order valence-corrected chi connectivity index (χ1v) is 9.50. The van der Waals surface area contributed by atoms with E-state index in [0.29, 0.717) is 52.3 Å². The number of nitrogens with one attached hydrogen (secondary N) is 1. The minimum absolute atomic E-state index is 0.321. The van der Waals surface area contributed by atoms with E-state index in [-0.39, 0.29) is 5.91 Å². The Hall–Kier alpha value is -4.01. The first kappa shape index (κ1) is 20.3. The number of aromatic nitrogens is 2. The number of ether oxygens (including phenoxy) is 3. The number of oxazole rings is 1. The Bertz CT molecular complexity index is 1140. The van der Waals surface area contributed by atoms with Gasteiger partial charge in [0.2, 0.25) is 11.6 Å². The summed E-state index contributed by atoms with van der Waals surface area (Å²) in [5, 5.41) is 2.93. The van der Waals surface area contributed by atoms with Crippen molar-refractivity contribution in [1.29, 1.82) is 0 Å². The first-order chi connectivity index (χ1) is 15.0. The number of allylic oxidation sites excluding steroid dienone is 2. The molecule has 0 radical (unpaired) electrons. The number of nitrogens with zero attached hydrogens (tertiary/aromatic N) is 3. The van der Waals surface area contributed by atoms with Crippen LogP contribution in [0.2, 0.25) is 0 Å². The Labute approximate surface area is 178 Å². The molecule has 2 aromatic heterocycles. The zero-order valence-corrected chi connectivity index (χ0v) is 17.6. The quantitative estimate of drug-likeness (QED) is 0.648. The molecule has 3 heterocycles. The maximum absolute atomic E-state index is 13.0. The fourth-order valence-corrected chi connectivity index (χ4v) is 3.22. The van der Waals surface area contributed by atoms with Crippen LogP contribution in [0.15, 0.2) is 52.9 Å². The molecule has 0 fully saturated rings. The number of rotatable bonds is 6. The normalized spacial score (nSPS) is 13.5. The SMILES string of the molecule is COc1cc(C(=O)NC2=CC(c3nc4ncccc4o3)=CCN2C)cc(OC)c1OC. The van der Waals surface area contributed by atoms with Crippen LogP contribution in [0.3, 0.4) is 0 Å². The van der Waals surface area contributed by atoms with E-state index < -0.39 is 0 Å². The van der Waals surface area contributed by atoms with E-state index in [2.05, 4.69) is 15.3 Å². The zero-order valence-electron chi connectivity index (χ0n) is 17.6. The second-order valence-corrected chi connectivity index (χ2v) is 6.78. The van der Waals surface area contributed by atoms with E-state index in [1.54, 1.807) is 24.4 Å². The Balaban J connectivity index is 1.62. The third kappa shape index (κ3) is 3.89. The van der Waals surface area contributed by atoms with Crippen molar-refractivity contribution >= 4 is 22.7 Å². The van der Waals surface area contributed by atoms with Crippen molar-refractivity contribution in [2.45, 2.75) is 0 Å². The van der Waals surface area contributed by atoms with E-state index in [1.165, 1.54) is 21.3 Å². The van der Waals surface area contributed by atoms with Crippen molar-refractivity contribution in [3.63, 3.8) is 0 Å². The lowest BCUT2D eigenvalue weighted by Crippen LogP contribution is -2.34. The molecule has 1 aliphatic heterocycles. The molecule has 0 spiro atoms. The van der Waals surface area contributed by atoms with Crippen molar-refractivity contribution < 1.29 is 23.4 Å². The average Bonchev–Trinajstić information content (AvgIpc) is 3.23. The van der Waals surface area contributed by atoms with Crippen molar-refractivity contribution in [1.82, 2.24) is 20.2 Å². The number of methoxy groups -OCH3 is 3. The smallest absolute Gasteiger partial charge is 0.257 e. The van der Waals surface area contributed by atoms with Gasteiger partial charge in [0.25, 0.3) is 5.91 Å². The van der Waals surface area contributed by atoms with Crippen LogP contribution >= 0.6 is 0 Å². The third-order valence-electron chi connectivity index (χ3n) is 4.87. The average molecular weight is 422 g/mol. The number of pyridine rings is 1. The number of amides is 1. The lowest BCUT2D eigenvalue weighted by Gasteiger charge is -2.25. The number of hydrogen-bond acceptors (Lipinski definition) is 8. The second kappa shape index (κ2) is 8.39. The van der Waals surface area contributed by atoms with Crippen LogP contribution in [0.1, 0.15) is 16.2 Å². The molecule has 160 valence electrons. The van der Waals surface area contributed by atoms with Gasteiger partial charge in [-0.05, 0) is 30.3 Å². The Morgan fingerprint density at radius 1 is 1.16 bits per heavy atom. The fraction of sp³-hybridized carbons (Fsp3) is 0.227. The highest BCUT2D eigenvalue weighted by Crippen LogP contribution is 2.38. The highest BCUT2D eigenvalue weighted by atomic mass is 16.5. The largest absolute Gasteiger partial charge is 0.493 e. The lowest BCUT2D eigenvalue weighted by atomic mass is 10.1. The first-order valence-electron chi connectivity index (χ1n) is 9.50. The summed E-state index contributed by atoms with van der Waals surface area (Å²) < 4.78 is 21.8. The van der Waals surface area contributed by atoms with Crippen LogP contribution in [-0.2, 0) is 0 Å². The van der Waals surface area contributed by atoms with Gasteiger partial charge in [-0.1, -0.05) is 6.08 Å². The van der Waals surface area contributed by atoms with Crippen molar-refractivity contribution in [3.8, 4) is 17.2 Å². The van der Waals surface area contributed by atoms with Gasteiger partial charge >= 0.3 is 0 Å². The van der Waals surface area contributed by atoms with Crippen LogP contribution in [0.25, 0.3) is 16.8 Å². The number of carbonyl (C=O) groups is 1. The van der Waals surface area contributed by atoms with Gasteiger partial charge in [-0.2, -0.15) is 4.98 Å². The predicted octanol–water partition coefficient (Wildman–Crippen LogP) is 2.85. The van der Waals surface area contributed by atoms with Crippen LogP contribution in [0.4, 0.5) is 0 Å². The molecule has 1 amide bonds. The number of carbonyl (C=O) groups excluding carboxylic acids is 1. The molecule has 3 aromatic rings. The molecule has 1 aromatic carbocycles. The summed E-state index contributed by atoms with van der Waals surface area (Å²) in [6.45, 7) is 0.572. The van der Waals surface area contributed by atoms with Crippen molar-refractivity contribution in [3.05, 3.63) is 59.9 Å². The molecule has 0 atom stereocenters. The Kier molecular flexibility index (Phi) is 5.48. The molecule has 0 aliphatic carbocycles. The highest BCUT2D eigenvalue weighted by Gasteiger charge is 2.21. The van der Waals surface area contributed by atoms with Gasteiger partial charge in [-0.25, -0.2) is 4.98 Å². The molecule has 31 heavy (non-hydrogen) atoms. The van der Waals surface area contributed by atoms with Crippen LogP contribution in [-0.4, -0.2) is 55.7 Å². The molecule has 0 unspecified atom stereocenters. The molecule has 0 bridgehead atoms. The lowest BCUT2D eigenvalue weighted by molar-refractivity contribution is 0.0953. The van der Waals surface area contributed by atoms with Gasteiger partial charge < -0.3 is 28.8 Å². The van der Waals surface area contributed by atoms with Crippen molar-refractivity contribution in [2.24, 2.45) is 0 Å². The van der Waals surface area contributed by atoms with Gasteiger partial charge in [0.05, 0.1) is 21.3 Å². The second-order valence-electron chi connectivity index (χ2n) is 6.78. The summed E-state index contributed by atoms with van der Waals surface area (Å²) in [5.41, 5.74) is 2.27. The zero-order chi connectivity index (χ0) is 22.0. The van der Waals surface area contributed by atoms with Crippen LogP contribution < -0.4 is 19.5 Å². The molecule has 4 rings (SSSR count). The van der Waals surface area contributed by atoms with Gasteiger partial charge in [0.15, 0.2) is 22.7 Å². The highest BCUT2D eigenvalue weighted by molar-refractivity contribution is 5.97. The van der Waals surface area contributed by atoms with Gasteiger partial charge in [-0.15, -0.1) is 0 Å². The summed E-state index contributed by atoms with van der Waals surface area (Å²) >= 11 is 0. The van der Waals surface area contributed by atoms with E-state index in [9.17, 15) is 4.79 Å². The van der Waals surface area contributed by atoms with Gasteiger partial charge in [0, 0.05) is 30.9 Å². The molecule has 0 saturated heterocycles. The van der Waals surface area contributed by atoms with Crippen LogP contribution in [0.5, 0.6) is 17.2 Å². The molecular weight excluding hydrogens is 400 g/mol. The maximum atomic E-state index is 13.0. The summed E-state index contributed by atoms with van der Waals surface area (Å²) in [7, 11) is 6.39. The van der Waals surface area contributed by atoms with Gasteiger partial charge in [-0.3, -0.25) is 4.79 Å². The molecule has 0 saturated carbocycles. The topological polar surface area (TPSA) is 99.0 Å². The summed E-state index contributed by atoms with van der Waals surface area (Å²) in [5.74, 6) is 1.95. The molecule has 9 heteroatoms. The molecule has 9 nitrogen and oxygen atoms in total. The standard InChI is InChI=1S/C22H22N4O5/c1-26-9-7-13(22-25-20-15(31-22)6-5-8-23-20)12-18(26)24-21(27)14-10-16(28-2)19(30-4)17(11-14)29-3/h5-8,10-12H,9H2,1-4H3,(H,24,27). The molecule has 1 aliphatic rings. The maximum Gasteiger partial charge on any atom is 0.257 e. The fourth-order valence-electron chi connectivity index (χ4n) is 3.22. The van der Waals surface area contributed by atoms with Crippen LogP contribution in [0, 0.1) is 0 Å².